The summed E-state index contributed by atoms with van der Waals surface area (Å²) in [6, 6.07) is 11.7. The van der Waals surface area contributed by atoms with Gasteiger partial charge >= 0.3 is 0 Å². The highest BCUT2D eigenvalue weighted by Gasteiger charge is 2.12. The van der Waals surface area contributed by atoms with Crippen LogP contribution in [0, 0.1) is 13.8 Å². The third-order valence-corrected chi connectivity index (χ3v) is 4.09. The molecule has 0 bridgehead atoms. The van der Waals surface area contributed by atoms with Crippen LogP contribution in [-0.2, 0) is 6.42 Å². The van der Waals surface area contributed by atoms with Crippen LogP contribution in [0.3, 0.4) is 0 Å². The normalized spacial score (nSPS) is 12.5. The Balaban J connectivity index is 2.25. The lowest BCUT2D eigenvalue weighted by Crippen LogP contribution is -2.15. The Kier molecular flexibility index (Phi) is 4.51. The zero-order chi connectivity index (χ0) is 14.0. The van der Waals surface area contributed by atoms with Gasteiger partial charge in [-0.05, 0) is 54.7 Å². The van der Waals surface area contributed by atoms with Crippen LogP contribution >= 0.6 is 23.2 Å². The third kappa shape index (κ3) is 3.30. The van der Waals surface area contributed by atoms with E-state index in [1.54, 1.807) is 6.07 Å². The Morgan fingerprint density at radius 2 is 1.84 bits per heavy atom. The van der Waals surface area contributed by atoms with E-state index in [0.717, 1.165) is 5.56 Å². The fourth-order valence-corrected chi connectivity index (χ4v) is 2.70. The van der Waals surface area contributed by atoms with Crippen LogP contribution in [0.4, 0.5) is 0 Å². The van der Waals surface area contributed by atoms with Crippen molar-refractivity contribution in [2.45, 2.75) is 26.3 Å². The summed E-state index contributed by atoms with van der Waals surface area (Å²) in [5.41, 5.74) is 11.0. The highest BCUT2D eigenvalue weighted by molar-refractivity contribution is 6.35. The number of hydrogen-bond acceptors (Lipinski definition) is 1. The summed E-state index contributed by atoms with van der Waals surface area (Å²) in [6.07, 6.45) is 0.709. The number of benzene rings is 2. The molecule has 1 nitrogen and oxygen atoms in total. The predicted molar refractivity (Wildman–Crippen MR) is 83.0 cm³/mol. The maximum absolute atomic E-state index is 6.31. The van der Waals surface area contributed by atoms with Gasteiger partial charge in [-0.1, -0.05) is 47.5 Å². The van der Waals surface area contributed by atoms with Gasteiger partial charge in [0.05, 0.1) is 0 Å². The van der Waals surface area contributed by atoms with Crippen LogP contribution in [0.1, 0.15) is 28.3 Å². The van der Waals surface area contributed by atoms with Gasteiger partial charge in [0.2, 0.25) is 0 Å². The zero-order valence-electron chi connectivity index (χ0n) is 11.1. The molecule has 2 rings (SSSR count). The van der Waals surface area contributed by atoms with E-state index in [4.69, 9.17) is 28.9 Å². The van der Waals surface area contributed by atoms with Crippen LogP contribution in [0.15, 0.2) is 36.4 Å². The van der Waals surface area contributed by atoms with E-state index in [9.17, 15) is 0 Å². The summed E-state index contributed by atoms with van der Waals surface area (Å²) in [5, 5.41) is 1.32. The third-order valence-electron chi connectivity index (χ3n) is 3.50. The molecule has 0 saturated heterocycles. The molecule has 0 saturated carbocycles. The molecule has 1 unspecified atom stereocenters. The standard InChI is InChI=1S/C16H17Cl2N/c1-10-4-3-5-14(11(10)2)16(19)8-12-6-7-13(17)9-15(12)18/h3-7,9,16H,8,19H2,1-2H3. The summed E-state index contributed by atoms with van der Waals surface area (Å²) < 4.78 is 0. The van der Waals surface area contributed by atoms with Gasteiger partial charge in [-0.3, -0.25) is 0 Å². The molecule has 0 aromatic heterocycles. The molecule has 0 radical (unpaired) electrons. The van der Waals surface area contributed by atoms with Crippen molar-refractivity contribution in [3.63, 3.8) is 0 Å². The highest BCUT2D eigenvalue weighted by atomic mass is 35.5. The van der Waals surface area contributed by atoms with E-state index in [-0.39, 0.29) is 6.04 Å². The molecule has 0 fully saturated rings. The molecule has 2 N–H and O–H groups in total. The van der Waals surface area contributed by atoms with Gasteiger partial charge in [-0.15, -0.1) is 0 Å². The van der Waals surface area contributed by atoms with Crippen LogP contribution in [0.25, 0.3) is 0 Å². The van der Waals surface area contributed by atoms with Crippen molar-refractivity contribution in [1.29, 1.82) is 0 Å². The Bertz CT molecular complexity index is 593. The van der Waals surface area contributed by atoms with E-state index in [1.165, 1.54) is 16.7 Å². The van der Waals surface area contributed by atoms with Gasteiger partial charge in [0.15, 0.2) is 0 Å². The van der Waals surface area contributed by atoms with Crippen molar-refractivity contribution in [2.75, 3.05) is 0 Å². The maximum Gasteiger partial charge on any atom is 0.0453 e. The Morgan fingerprint density at radius 1 is 1.11 bits per heavy atom. The van der Waals surface area contributed by atoms with Gasteiger partial charge in [-0.25, -0.2) is 0 Å². The average molecular weight is 294 g/mol. The van der Waals surface area contributed by atoms with Crippen molar-refractivity contribution >= 4 is 23.2 Å². The highest BCUT2D eigenvalue weighted by Crippen LogP contribution is 2.27. The van der Waals surface area contributed by atoms with Gasteiger partial charge in [0.1, 0.15) is 0 Å². The Labute approximate surface area is 124 Å². The number of nitrogens with two attached hydrogens (primary N) is 1. The number of hydrogen-bond donors (Lipinski definition) is 1. The first-order valence-corrected chi connectivity index (χ1v) is 7.00. The molecule has 1 atom stereocenters. The summed E-state index contributed by atoms with van der Waals surface area (Å²) in [4.78, 5) is 0. The quantitative estimate of drug-likeness (QED) is 0.860. The summed E-state index contributed by atoms with van der Waals surface area (Å²) >= 11 is 12.1. The predicted octanol–water partition coefficient (Wildman–Crippen LogP) is 4.85. The summed E-state index contributed by atoms with van der Waals surface area (Å²) in [5.74, 6) is 0. The van der Waals surface area contributed by atoms with Crippen molar-refractivity contribution in [1.82, 2.24) is 0 Å². The van der Waals surface area contributed by atoms with Crippen LogP contribution in [-0.4, -0.2) is 0 Å². The van der Waals surface area contributed by atoms with Crippen LogP contribution in [0.2, 0.25) is 10.0 Å². The summed E-state index contributed by atoms with van der Waals surface area (Å²) in [7, 11) is 0. The van der Waals surface area contributed by atoms with Crippen LogP contribution in [0.5, 0.6) is 0 Å². The Hall–Kier alpha value is -1.02. The van der Waals surface area contributed by atoms with Crippen LogP contribution < -0.4 is 5.73 Å². The molecule has 2 aromatic carbocycles. The van der Waals surface area contributed by atoms with E-state index >= 15 is 0 Å². The smallest absolute Gasteiger partial charge is 0.0453 e. The lowest BCUT2D eigenvalue weighted by molar-refractivity contribution is 0.715. The summed E-state index contributed by atoms with van der Waals surface area (Å²) in [6.45, 7) is 4.20. The topological polar surface area (TPSA) is 26.0 Å². The molecule has 0 aliphatic rings. The molecule has 3 heteroatoms. The number of rotatable bonds is 3. The van der Waals surface area contributed by atoms with Gasteiger partial charge in [-0.2, -0.15) is 0 Å². The molecule has 0 heterocycles. The first-order valence-electron chi connectivity index (χ1n) is 6.24. The second kappa shape index (κ2) is 5.96. The largest absolute Gasteiger partial charge is 0.324 e. The zero-order valence-corrected chi connectivity index (χ0v) is 12.6. The minimum atomic E-state index is -0.0569. The molecule has 19 heavy (non-hydrogen) atoms. The lowest BCUT2D eigenvalue weighted by atomic mass is 9.94. The molecular weight excluding hydrogens is 277 g/mol. The Morgan fingerprint density at radius 3 is 2.53 bits per heavy atom. The maximum atomic E-state index is 6.31. The van der Waals surface area contributed by atoms with E-state index in [0.29, 0.717) is 16.5 Å². The van der Waals surface area contributed by atoms with Crippen molar-refractivity contribution in [3.8, 4) is 0 Å². The minimum Gasteiger partial charge on any atom is -0.324 e. The average Bonchev–Trinajstić information content (AvgIpc) is 2.36. The molecule has 0 aliphatic heterocycles. The molecule has 0 aliphatic carbocycles. The second-order valence-electron chi connectivity index (χ2n) is 4.84. The minimum absolute atomic E-state index is 0.0569. The molecular formula is C16H17Cl2N. The van der Waals surface area contributed by atoms with Gasteiger partial charge in [0, 0.05) is 16.1 Å². The van der Waals surface area contributed by atoms with E-state index < -0.39 is 0 Å². The number of halogens is 2. The molecule has 100 valence electrons. The molecule has 0 spiro atoms. The lowest BCUT2D eigenvalue weighted by Gasteiger charge is -2.17. The fourth-order valence-electron chi connectivity index (χ4n) is 2.21. The van der Waals surface area contributed by atoms with Crippen molar-refractivity contribution in [3.05, 3.63) is 68.7 Å². The first kappa shape index (κ1) is 14.4. The van der Waals surface area contributed by atoms with E-state index in [2.05, 4.69) is 26.0 Å². The SMILES string of the molecule is Cc1cccc(C(N)Cc2ccc(Cl)cc2Cl)c1C. The fraction of sp³-hybridized carbons (Fsp3) is 0.250. The van der Waals surface area contributed by atoms with Crippen molar-refractivity contribution < 1.29 is 0 Å². The van der Waals surface area contributed by atoms with Crippen molar-refractivity contribution in [2.24, 2.45) is 5.73 Å². The number of aryl methyl sites for hydroxylation is 1. The molecule has 0 amide bonds. The van der Waals surface area contributed by atoms with Gasteiger partial charge in [0.25, 0.3) is 0 Å². The monoisotopic (exact) mass is 293 g/mol. The van der Waals surface area contributed by atoms with Gasteiger partial charge < -0.3 is 5.73 Å². The second-order valence-corrected chi connectivity index (χ2v) is 5.68. The molecule has 2 aromatic rings. The first-order chi connectivity index (χ1) is 8.99. The van der Waals surface area contributed by atoms with E-state index in [1.807, 2.05) is 18.2 Å².